The van der Waals surface area contributed by atoms with Crippen molar-refractivity contribution in [3.05, 3.63) is 48.6 Å². The Labute approximate surface area is 431 Å². The van der Waals surface area contributed by atoms with E-state index in [1.54, 1.807) is 6.08 Å². The highest BCUT2D eigenvalue weighted by Gasteiger charge is 2.44. The zero-order valence-electron chi connectivity index (χ0n) is 45.5. The van der Waals surface area contributed by atoms with Crippen LogP contribution in [0.1, 0.15) is 277 Å². The van der Waals surface area contributed by atoms with Gasteiger partial charge < -0.3 is 40.3 Å². The summed E-state index contributed by atoms with van der Waals surface area (Å²) in [7, 11) is 0. The molecule has 1 aliphatic rings. The van der Waals surface area contributed by atoms with Gasteiger partial charge in [0.1, 0.15) is 24.4 Å². The van der Waals surface area contributed by atoms with Crippen molar-refractivity contribution in [2.24, 2.45) is 0 Å². The Morgan fingerprint density at radius 2 is 0.857 bits per heavy atom. The zero-order valence-corrected chi connectivity index (χ0v) is 45.5. The van der Waals surface area contributed by atoms with Gasteiger partial charge in [-0.3, -0.25) is 4.79 Å². The summed E-state index contributed by atoms with van der Waals surface area (Å²) in [5.74, 6) is -0.191. The third-order valence-corrected chi connectivity index (χ3v) is 14.1. The summed E-state index contributed by atoms with van der Waals surface area (Å²) in [5.41, 5.74) is 0. The molecule has 1 aliphatic heterocycles. The van der Waals surface area contributed by atoms with E-state index in [4.69, 9.17) is 9.47 Å². The van der Waals surface area contributed by atoms with Crippen molar-refractivity contribution in [3.63, 3.8) is 0 Å². The van der Waals surface area contributed by atoms with Crippen LogP contribution in [0.15, 0.2) is 48.6 Å². The van der Waals surface area contributed by atoms with Gasteiger partial charge >= 0.3 is 0 Å². The van der Waals surface area contributed by atoms with Gasteiger partial charge in [-0.25, -0.2) is 0 Å². The second kappa shape index (κ2) is 50.7. The number of amides is 1. The predicted molar refractivity (Wildman–Crippen MR) is 295 cm³/mol. The van der Waals surface area contributed by atoms with E-state index >= 15 is 0 Å². The van der Waals surface area contributed by atoms with Gasteiger partial charge in [0.05, 0.1) is 25.4 Å². The second-order valence-corrected chi connectivity index (χ2v) is 20.7. The first-order chi connectivity index (χ1) is 34.3. The van der Waals surface area contributed by atoms with Crippen molar-refractivity contribution in [2.45, 2.75) is 320 Å². The van der Waals surface area contributed by atoms with Gasteiger partial charge in [0.25, 0.3) is 0 Å². The summed E-state index contributed by atoms with van der Waals surface area (Å²) < 4.78 is 11.2. The molecule has 1 heterocycles. The van der Waals surface area contributed by atoms with Gasteiger partial charge in [0, 0.05) is 6.42 Å². The maximum absolute atomic E-state index is 13.0. The number of ether oxygens (including phenoxy) is 2. The van der Waals surface area contributed by atoms with Crippen LogP contribution < -0.4 is 5.32 Å². The van der Waals surface area contributed by atoms with E-state index in [1.165, 1.54) is 205 Å². The number of hydrogen-bond donors (Lipinski definition) is 6. The summed E-state index contributed by atoms with van der Waals surface area (Å²) in [4.78, 5) is 13.0. The highest BCUT2D eigenvalue weighted by Crippen LogP contribution is 2.23. The lowest BCUT2D eigenvalue weighted by Crippen LogP contribution is -2.60. The van der Waals surface area contributed by atoms with Crippen LogP contribution in [0.2, 0.25) is 0 Å². The topological polar surface area (TPSA) is 149 Å². The molecule has 7 atom stereocenters. The minimum atomic E-state index is -1.57. The number of unbranched alkanes of at least 4 members (excludes halogenated alkanes) is 35. The van der Waals surface area contributed by atoms with Gasteiger partial charge in [0.2, 0.25) is 5.91 Å². The molecule has 0 aromatic carbocycles. The molecule has 1 fully saturated rings. The number of carbonyl (C=O) groups excluding carboxylic acids is 1. The molecule has 6 N–H and O–H groups in total. The molecular formula is C61H113NO8. The third kappa shape index (κ3) is 39.7. The summed E-state index contributed by atoms with van der Waals surface area (Å²) in [6.07, 6.45) is 61.0. The monoisotopic (exact) mass is 988 g/mol. The van der Waals surface area contributed by atoms with E-state index in [9.17, 15) is 30.3 Å². The van der Waals surface area contributed by atoms with Crippen LogP contribution in [0.4, 0.5) is 0 Å². The first-order valence-corrected chi connectivity index (χ1v) is 29.9. The van der Waals surface area contributed by atoms with Crippen LogP contribution in [0, 0.1) is 0 Å². The molecular weight excluding hydrogens is 875 g/mol. The van der Waals surface area contributed by atoms with Crippen LogP contribution in [0.3, 0.4) is 0 Å². The first kappa shape index (κ1) is 66.2. The number of nitrogens with one attached hydrogen (secondary N) is 1. The summed E-state index contributed by atoms with van der Waals surface area (Å²) in [6.45, 7) is 3.64. The minimum absolute atomic E-state index is 0.191. The molecule has 9 nitrogen and oxygen atoms in total. The van der Waals surface area contributed by atoms with Gasteiger partial charge in [-0.15, -0.1) is 0 Å². The van der Waals surface area contributed by atoms with Crippen LogP contribution in [0.25, 0.3) is 0 Å². The third-order valence-electron chi connectivity index (χ3n) is 14.1. The standard InChI is InChI=1S/C61H113NO8/c1-3-5-7-9-11-13-15-16-17-18-19-20-21-22-23-24-25-26-27-28-29-30-31-32-33-34-35-36-37-38-39-40-41-43-45-47-49-51-57(65)62-54(53-69-61-60(68)59(67)58(66)56(52-63)70-61)55(64)50-48-46-44-42-14-12-10-8-6-4-2/h6,8,14,26-27,42,48,50,54-56,58-61,63-64,66-68H,3-5,7,9-13,15-25,28-41,43-47,49,51-53H2,1-2H3,(H,62,65)/b8-6+,27-26-,42-14+,50-48+. The lowest BCUT2D eigenvalue weighted by atomic mass is 9.99. The highest BCUT2D eigenvalue weighted by molar-refractivity contribution is 5.76. The maximum atomic E-state index is 13.0. The van der Waals surface area contributed by atoms with Crippen LogP contribution in [0.5, 0.6) is 0 Å². The molecule has 0 aromatic heterocycles. The highest BCUT2D eigenvalue weighted by atomic mass is 16.7. The van der Waals surface area contributed by atoms with E-state index in [0.717, 1.165) is 51.4 Å². The van der Waals surface area contributed by atoms with Gasteiger partial charge in [0.15, 0.2) is 6.29 Å². The molecule has 7 unspecified atom stereocenters. The molecule has 1 saturated heterocycles. The Morgan fingerprint density at radius 1 is 0.486 bits per heavy atom. The number of aliphatic hydroxyl groups is 5. The molecule has 0 saturated carbocycles. The van der Waals surface area contributed by atoms with E-state index in [1.807, 2.05) is 6.08 Å². The number of allylic oxidation sites excluding steroid dienone is 7. The molecule has 410 valence electrons. The van der Waals surface area contributed by atoms with Gasteiger partial charge in [-0.2, -0.15) is 0 Å². The molecule has 9 heteroatoms. The Hall–Kier alpha value is -1.85. The molecule has 1 rings (SSSR count). The fourth-order valence-corrected chi connectivity index (χ4v) is 9.43. The summed E-state index contributed by atoms with van der Waals surface area (Å²) in [5, 5.41) is 54.2. The van der Waals surface area contributed by atoms with Crippen LogP contribution in [-0.4, -0.2) is 87.5 Å². The SMILES string of the molecule is CC/C=C/CC/C=C/CC/C=C/C(O)C(COC1OC(CO)C(O)C(O)C1O)NC(=O)CCCCCCCCCCCCCCCCCCC/C=C\CCCCCCCCCCCCCCCCCC. The fraction of sp³-hybridized carbons (Fsp3) is 0.852. The molecule has 1 amide bonds. The lowest BCUT2D eigenvalue weighted by molar-refractivity contribution is -0.302. The molecule has 0 radical (unpaired) electrons. The van der Waals surface area contributed by atoms with Crippen molar-refractivity contribution in [3.8, 4) is 0 Å². The molecule has 0 aliphatic carbocycles. The van der Waals surface area contributed by atoms with E-state index in [2.05, 4.69) is 55.6 Å². The Balaban J connectivity index is 2.03. The van der Waals surface area contributed by atoms with E-state index in [0.29, 0.717) is 6.42 Å². The molecule has 70 heavy (non-hydrogen) atoms. The lowest BCUT2D eigenvalue weighted by Gasteiger charge is -2.40. The van der Waals surface area contributed by atoms with Crippen molar-refractivity contribution in [1.82, 2.24) is 5.32 Å². The van der Waals surface area contributed by atoms with E-state index < -0.39 is 49.5 Å². The fourth-order valence-electron chi connectivity index (χ4n) is 9.43. The Morgan fingerprint density at radius 3 is 1.27 bits per heavy atom. The average molecular weight is 989 g/mol. The summed E-state index contributed by atoms with van der Waals surface area (Å²) in [6, 6.07) is -0.826. The minimum Gasteiger partial charge on any atom is -0.394 e. The van der Waals surface area contributed by atoms with Crippen molar-refractivity contribution in [2.75, 3.05) is 13.2 Å². The maximum Gasteiger partial charge on any atom is 0.220 e. The van der Waals surface area contributed by atoms with Gasteiger partial charge in [-0.05, 0) is 64.2 Å². The van der Waals surface area contributed by atoms with E-state index in [-0.39, 0.29) is 12.5 Å². The summed E-state index contributed by atoms with van der Waals surface area (Å²) >= 11 is 0. The number of carbonyl (C=O) groups is 1. The normalized spacial score (nSPS) is 19.7. The number of rotatable bonds is 51. The number of aliphatic hydroxyl groups excluding tert-OH is 5. The zero-order chi connectivity index (χ0) is 50.8. The molecule has 0 spiro atoms. The average Bonchev–Trinajstić information content (AvgIpc) is 3.36. The molecule has 0 aromatic rings. The number of hydrogen-bond acceptors (Lipinski definition) is 8. The predicted octanol–water partition coefficient (Wildman–Crippen LogP) is 14.9. The van der Waals surface area contributed by atoms with Crippen LogP contribution in [-0.2, 0) is 14.3 Å². The van der Waals surface area contributed by atoms with Crippen molar-refractivity contribution < 1.29 is 39.8 Å². The smallest absolute Gasteiger partial charge is 0.220 e. The second-order valence-electron chi connectivity index (χ2n) is 20.7. The van der Waals surface area contributed by atoms with Crippen molar-refractivity contribution in [1.29, 1.82) is 0 Å². The van der Waals surface area contributed by atoms with Gasteiger partial charge in [-0.1, -0.05) is 255 Å². The van der Waals surface area contributed by atoms with Crippen molar-refractivity contribution >= 4 is 5.91 Å². The Bertz CT molecular complexity index is 1240. The first-order valence-electron chi connectivity index (χ1n) is 29.9. The van der Waals surface area contributed by atoms with Crippen LogP contribution >= 0.6 is 0 Å². The largest absolute Gasteiger partial charge is 0.394 e. The Kier molecular flexibility index (Phi) is 47.9. The molecule has 0 bridgehead atoms. The quantitative estimate of drug-likeness (QED) is 0.0261.